The van der Waals surface area contributed by atoms with Crippen molar-refractivity contribution in [1.29, 1.82) is 0 Å². The summed E-state index contributed by atoms with van der Waals surface area (Å²) in [7, 11) is 4.61. The van der Waals surface area contributed by atoms with Crippen LogP contribution in [0.1, 0.15) is 119 Å². The molecule has 16 nitrogen and oxygen atoms in total. The van der Waals surface area contributed by atoms with Crippen LogP contribution < -0.4 is 0 Å². The molecule has 0 aromatic heterocycles. The normalized spacial score (nSPS) is 53.7. The van der Waals surface area contributed by atoms with Crippen molar-refractivity contribution in [3.05, 3.63) is 11.6 Å². The second-order valence-corrected chi connectivity index (χ2v) is 21.2. The van der Waals surface area contributed by atoms with Crippen LogP contribution in [0, 0.1) is 28.6 Å². The fraction of sp³-hybridized carbons (Fsp3) is 0.958. The minimum Gasteiger partial charge on any atom is -0.393 e. The lowest BCUT2D eigenvalue weighted by molar-refractivity contribution is -0.364. The van der Waals surface area contributed by atoms with E-state index in [1.807, 2.05) is 27.7 Å². The zero-order chi connectivity index (χ0) is 46.0. The van der Waals surface area contributed by atoms with E-state index in [-0.39, 0.29) is 35.2 Å². The van der Waals surface area contributed by atoms with Crippen molar-refractivity contribution in [3.63, 3.8) is 0 Å². The number of aliphatic hydroxyl groups excluding tert-OH is 4. The van der Waals surface area contributed by atoms with Gasteiger partial charge in [-0.2, -0.15) is 0 Å². The topological polar surface area (TPSA) is 203 Å². The van der Waals surface area contributed by atoms with E-state index >= 15 is 0 Å². The number of hydrogen-bond acceptors (Lipinski definition) is 16. The molecule has 7 fully saturated rings. The quantitative estimate of drug-likeness (QED) is 0.177. The van der Waals surface area contributed by atoms with Gasteiger partial charge >= 0.3 is 0 Å². The molecule has 4 aliphatic heterocycles. The highest BCUT2D eigenvalue weighted by atomic mass is 16.8. The highest BCUT2D eigenvalue weighted by Crippen LogP contribution is 2.68. The standard InChI is InChI=1S/C48H80O16/c1-23(49)30-15-18-48(53)32-12-11-28-19-29(13-16-46(28,6)31(32)14-17-47(30,48)7)61-36-20-33(50)41(25(3)58-36)62-38-22-35(55-9)42(26(4)59-38)64-45-40(52)44(56-10)43(27(5)60-45)63-37-21-34(54-8)39(51)24(2)57-37/h11,23-27,29-45,49-53H,12-22H2,1-10H3. The lowest BCUT2D eigenvalue weighted by Gasteiger charge is -2.61. The third-order valence-electron chi connectivity index (χ3n) is 17.7. The Bertz CT molecular complexity index is 1590. The second kappa shape index (κ2) is 19.5. The molecule has 5 N–H and O–H groups in total. The molecule has 0 aromatic carbocycles. The fourth-order valence-electron chi connectivity index (χ4n) is 14.0. The van der Waals surface area contributed by atoms with Crippen LogP contribution >= 0.6 is 0 Å². The van der Waals surface area contributed by atoms with Gasteiger partial charge in [-0.05, 0) is 109 Å². The first-order valence-corrected chi connectivity index (χ1v) is 24.3. The lowest BCUT2D eigenvalue weighted by atomic mass is 9.45. The van der Waals surface area contributed by atoms with Gasteiger partial charge in [0.05, 0.1) is 60.5 Å². The van der Waals surface area contributed by atoms with Crippen LogP contribution in [0.2, 0.25) is 0 Å². The maximum atomic E-state index is 12.4. The zero-order valence-corrected chi connectivity index (χ0v) is 39.8. The third kappa shape index (κ3) is 8.94. The Hall–Kier alpha value is -0.900. The van der Waals surface area contributed by atoms with Gasteiger partial charge in [0, 0.05) is 46.0 Å². The molecule has 4 saturated heterocycles. The zero-order valence-electron chi connectivity index (χ0n) is 39.8. The van der Waals surface area contributed by atoms with Gasteiger partial charge in [0.15, 0.2) is 25.2 Å². The Kier molecular flexibility index (Phi) is 15.1. The number of ether oxygens (including phenoxy) is 11. The smallest absolute Gasteiger partial charge is 0.187 e. The molecule has 8 aliphatic rings. The average molecular weight is 913 g/mol. The average Bonchev–Trinajstić information content (AvgIpc) is 3.54. The van der Waals surface area contributed by atoms with E-state index in [9.17, 15) is 25.5 Å². The Morgan fingerprint density at radius 1 is 0.641 bits per heavy atom. The summed E-state index contributed by atoms with van der Waals surface area (Å²) in [6.45, 7) is 13.8. The Labute approximate surface area is 379 Å². The number of methoxy groups -OCH3 is 3. The molecule has 368 valence electrons. The Balaban J connectivity index is 0.825. The molecule has 64 heavy (non-hydrogen) atoms. The number of aliphatic hydroxyl groups is 5. The predicted molar refractivity (Wildman–Crippen MR) is 229 cm³/mol. The van der Waals surface area contributed by atoms with Gasteiger partial charge in [-0.3, -0.25) is 0 Å². The van der Waals surface area contributed by atoms with Crippen LogP contribution in [0.25, 0.3) is 0 Å². The number of allylic oxidation sites excluding steroid dienone is 1. The predicted octanol–water partition coefficient (Wildman–Crippen LogP) is 3.88. The Morgan fingerprint density at radius 3 is 1.92 bits per heavy atom. The summed E-state index contributed by atoms with van der Waals surface area (Å²) < 4.78 is 67.8. The van der Waals surface area contributed by atoms with Crippen molar-refractivity contribution >= 4 is 0 Å². The van der Waals surface area contributed by atoms with Crippen LogP contribution in [0.3, 0.4) is 0 Å². The first-order valence-electron chi connectivity index (χ1n) is 24.3. The first kappa shape index (κ1) is 49.5. The number of rotatable bonds is 12. The first-order chi connectivity index (χ1) is 30.3. The summed E-state index contributed by atoms with van der Waals surface area (Å²) in [4.78, 5) is 0. The molecule has 25 unspecified atom stereocenters. The van der Waals surface area contributed by atoms with E-state index in [1.165, 1.54) is 19.8 Å². The van der Waals surface area contributed by atoms with Gasteiger partial charge in [0.2, 0.25) is 0 Å². The van der Waals surface area contributed by atoms with Gasteiger partial charge in [0.25, 0.3) is 0 Å². The molecule has 25 atom stereocenters. The molecular formula is C48H80O16. The van der Waals surface area contributed by atoms with Crippen LogP contribution in [-0.4, -0.2) is 169 Å². The summed E-state index contributed by atoms with van der Waals surface area (Å²) in [5.41, 5.74) is 0.403. The largest absolute Gasteiger partial charge is 0.393 e. The molecule has 0 aromatic rings. The van der Waals surface area contributed by atoms with Crippen molar-refractivity contribution in [1.82, 2.24) is 0 Å². The van der Waals surface area contributed by atoms with E-state index in [2.05, 4.69) is 19.9 Å². The van der Waals surface area contributed by atoms with Gasteiger partial charge < -0.3 is 77.6 Å². The maximum Gasteiger partial charge on any atom is 0.187 e. The molecular weight excluding hydrogens is 833 g/mol. The summed E-state index contributed by atoms with van der Waals surface area (Å²) in [5.74, 6) is 0.723. The van der Waals surface area contributed by atoms with Crippen molar-refractivity contribution in [2.45, 2.75) is 241 Å². The minimum absolute atomic E-state index is 0.0000227. The molecule has 0 amide bonds. The van der Waals surface area contributed by atoms with Gasteiger partial charge in [-0.25, -0.2) is 0 Å². The van der Waals surface area contributed by atoms with E-state index in [0.29, 0.717) is 18.8 Å². The van der Waals surface area contributed by atoms with E-state index in [4.69, 9.17) is 52.1 Å². The lowest BCUT2D eigenvalue weighted by Crippen LogP contribution is -2.63. The highest BCUT2D eigenvalue weighted by Gasteiger charge is 2.67. The molecule has 0 bridgehead atoms. The van der Waals surface area contributed by atoms with Gasteiger partial charge in [-0.15, -0.1) is 0 Å². The molecule has 3 saturated carbocycles. The molecule has 4 heterocycles. The molecule has 0 spiro atoms. The summed E-state index contributed by atoms with van der Waals surface area (Å²) in [6, 6.07) is 0. The fourth-order valence-corrected chi connectivity index (χ4v) is 14.0. The third-order valence-corrected chi connectivity index (χ3v) is 17.7. The summed E-state index contributed by atoms with van der Waals surface area (Å²) in [5, 5.41) is 56.4. The molecule has 4 aliphatic carbocycles. The van der Waals surface area contributed by atoms with E-state index < -0.39 is 116 Å². The van der Waals surface area contributed by atoms with Crippen molar-refractivity contribution in [2.75, 3.05) is 21.3 Å². The number of hydrogen-bond donors (Lipinski definition) is 5. The van der Waals surface area contributed by atoms with Crippen LogP contribution in [0.4, 0.5) is 0 Å². The van der Waals surface area contributed by atoms with Gasteiger partial charge in [0.1, 0.15) is 36.6 Å². The molecule has 8 rings (SSSR count). The van der Waals surface area contributed by atoms with E-state index in [1.54, 1.807) is 14.0 Å². The van der Waals surface area contributed by atoms with Crippen LogP contribution in [0.15, 0.2) is 11.6 Å². The van der Waals surface area contributed by atoms with Crippen LogP contribution in [0.5, 0.6) is 0 Å². The SMILES string of the molecule is COC1CC(OC2C(C)OC(OC3C(C)OC(OC4C(O)CC(OC5CCC6(C)C(=CCC7C6CCC6(C)C(C(C)O)CCC76O)C5)OC4C)CC3OC)C(O)C2OC)OC(C)C1O. The minimum atomic E-state index is -1.23. The summed E-state index contributed by atoms with van der Waals surface area (Å²) in [6.07, 6.45) is -1.99. The number of fused-ring (bicyclic) bond motifs is 5. The highest BCUT2D eigenvalue weighted by molar-refractivity contribution is 5.28. The molecule has 16 heteroatoms. The van der Waals surface area contributed by atoms with Crippen molar-refractivity contribution in [2.24, 2.45) is 28.6 Å². The van der Waals surface area contributed by atoms with Crippen LogP contribution in [-0.2, 0) is 52.1 Å². The molecule has 0 radical (unpaired) electrons. The summed E-state index contributed by atoms with van der Waals surface area (Å²) >= 11 is 0. The monoisotopic (exact) mass is 913 g/mol. The van der Waals surface area contributed by atoms with E-state index in [0.717, 1.165) is 51.4 Å². The maximum absolute atomic E-state index is 12.4. The second-order valence-electron chi connectivity index (χ2n) is 21.2. The van der Waals surface area contributed by atoms with Gasteiger partial charge in [-0.1, -0.05) is 25.5 Å². The van der Waals surface area contributed by atoms with Crippen molar-refractivity contribution in [3.8, 4) is 0 Å². The van der Waals surface area contributed by atoms with Crippen molar-refractivity contribution < 1.29 is 77.6 Å². The Morgan fingerprint density at radius 2 is 1.27 bits per heavy atom.